The fourth-order valence-corrected chi connectivity index (χ4v) is 0.968. The van der Waals surface area contributed by atoms with Gasteiger partial charge in [0.1, 0.15) is 5.69 Å². The minimum Gasteiger partial charge on any atom is -0.349 e. The van der Waals surface area contributed by atoms with Gasteiger partial charge in [0, 0.05) is 20.1 Å². The molecule has 1 rings (SSSR count). The van der Waals surface area contributed by atoms with Crippen LogP contribution in [0, 0.1) is 0 Å². The van der Waals surface area contributed by atoms with Crippen LogP contribution in [0.4, 0.5) is 0 Å². The molecule has 0 aliphatic rings. The molecule has 0 spiro atoms. The summed E-state index contributed by atoms with van der Waals surface area (Å²) in [5.41, 5.74) is 0.580. The molecule has 1 heterocycles. The van der Waals surface area contributed by atoms with E-state index < -0.39 is 0 Å². The van der Waals surface area contributed by atoms with Gasteiger partial charge < -0.3 is 15.2 Å². The topological polar surface area (TPSA) is 58.9 Å². The van der Waals surface area contributed by atoms with Gasteiger partial charge in [0.15, 0.2) is 0 Å². The van der Waals surface area contributed by atoms with Crippen LogP contribution in [0.1, 0.15) is 10.5 Å². The zero-order valence-electron chi connectivity index (χ0n) is 7.87. The number of likely N-dealkylation sites (N-methyl/N-ethyl adjacent to an activating group) is 1. The first-order chi connectivity index (χ1) is 6.25. The molecular weight excluding hydrogens is 168 g/mol. The van der Waals surface area contributed by atoms with Crippen molar-refractivity contribution in [3.63, 3.8) is 0 Å². The Bertz CT molecular complexity index is 281. The molecule has 0 aromatic carbocycles. The van der Waals surface area contributed by atoms with E-state index in [9.17, 15) is 4.79 Å². The van der Waals surface area contributed by atoms with Gasteiger partial charge in [0.05, 0.1) is 12.5 Å². The van der Waals surface area contributed by atoms with Gasteiger partial charge in [0.2, 0.25) is 0 Å². The largest absolute Gasteiger partial charge is 0.349 e. The van der Waals surface area contributed by atoms with E-state index in [1.165, 1.54) is 0 Å². The molecule has 72 valence electrons. The Hall–Kier alpha value is -1.36. The van der Waals surface area contributed by atoms with E-state index in [2.05, 4.69) is 15.6 Å². The predicted molar refractivity (Wildman–Crippen MR) is 49.5 cm³/mol. The Balaban J connectivity index is 2.45. The molecule has 0 unspecified atom stereocenters. The summed E-state index contributed by atoms with van der Waals surface area (Å²) < 4.78 is 1.69. The predicted octanol–water partition coefficient (Wildman–Crippen LogP) is -0.631. The molecule has 1 aromatic heterocycles. The molecule has 1 aromatic rings. The molecule has 1 amide bonds. The summed E-state index contributed by atoms with van der Waals surface area (Å²) >= 11 is 0. The van der Waals surface area contributed by atoms with Crippen molar-refractivity contribution in [2.24, 2.45) is 7.05 Å². The van der Waals surface area contributed by atoms with E-state index in [1.807, 2.05) is 7.05 Å². The quantitative estimate of drug-likeness (QED) is 0.609. The number of aromatic nitrogens is 2. The molecule has 0 aliphatic heterocycles. The third-order valence-electron chi connectivity index (χ3n) is 1.71. The molecule has 13 heavy (non-hydrogen) atoms. The van der Waals surface area contributed by atoms with E-state index in [0.29, 0.717) is 12.2 Å². The molecule has 0 atom stereocenters. The summed E-state index contributed by atoms with van der Waals surface area (Å²) in [6, 6.07) is 0. The summed E-state index contributed by atoms with van der Waals surface area (Å²) in [5.74, 6) is -0.0877. The van der Waals surface area contributed by atoms with Crippen LogP contribution >= 0.6 is 0 Å². The molecule has 0 fully saturated rings. The smallest absolute Gasteiger partial charge is 0.269 e. The Labute approximate surface area is 77.2 Å². The number of nitrogens with zero attached hydrogens (tertiary/aromatic N) is 2. The zero-order chi connectivity index (χ0) is 9.68. The lowest BCUT2D eigenvalue weighted by Crippen LogP contribution is -2.31. The van der Waals surface area contributed by atoms with Crippen LogP contribution in [0.3, 0.4) is 0 Å². The van der Waals surface area contributed by atoms with E-state index in [-0.39, 0.29) is 5.91 Å². The highest BCUT2D eigenvalue weighted by Crippen LogP contribution is 1.94. The van der Waals surface area contributed by atoms with Crippen molar-refractivity contribution < 1.29 is 4.79 Å². The second-order valence-corrected chi connectivity index (χ2v) is 2.75. The first-order valence-corrected chi connectivity index (χ1v) is 4.15. The van der Waals surface area contributed by atoms with Gasteiger partial charge in [-0.1, -0.05) is 0 Å². The molecule has 0 radical (unpaired) electrons. The number of carbonyl (C=O) groups excluding carboxylic acids is 1. The third-order valence-corrected chi connectivity index (χ3v) is 1.71. The van der Waals surface area contributed by atoms with Gasteiger partial charge in [-0.15, -0.1) is 0 Å². The molecular formula is C8H14N4O. The SMILES string of the molecule is CNCCNC(=O)c1cncn1C. The van der Waals surface area contributed by atoms with Crippen molar-refractivity contribution in [2.75, 3.05) is 20.1 Å². The van der Waals surface area contributed by atoms with Crippen LogP contribution in [0.5, 0.6) is 0 Å². The van der Waals surface area contributed by atoms with Crippen molar-refractivity contribution >= 4 is 5.91 Å². The van der Waals surface area contributed by atoms with E-state index in [1.54, 1.807) is 24.1 Å². The van der Waals surface area contributed by atoms with Crippen LogP contribution in [-0.2, 0) is 7.05 Å². The molecule has 0 aliphatic carbocycles. The van der Waals surface area contributed by atoms with Crippen molar-refractivity contribution in [1.82, 2.24) is 20.2 Å². The van der Waals surface area contributed by atoms with Gasteiger partial charge >= 0.3 is 0 Å². The van der Waals surface area contributed by atoms with Crippen LogP contribution in [0.15, 0.2) is 12.5 Å². The average Bonchev–Trinajstić information content (AvgIpc) is 2.52. The Morgan fingerprint density at radius 2 is 2.38 bits per heavy atom. The zero-order valence-corrected chi connectivity index (χ0v) is 7.87. The summed E-state index contributed by atoms with van der Waals surface area (Å²) in [6.45, 7) is 1.39. The van der Waals surface area contributed by atoms with Gasteiger partial charge in [-0.25, -0.2) is 4.98 Å². The van der Waals surface area contributed by atoms with E-state index in [0.717, 1.165) is 6.54 Å². The number of hydrogen-bond donors (Lipinski definition) is 2. The maximum absolute atomic E-state index is 11.4. The Morgan fingerprint density at radius 1 is 1.62 bits per heavy atom. The fraction of sp³-hybridized carbons (Fsp3) is 0.500. The van der Waals surface area contributed by atoms with Crippen LogP contribution in [-0.4, -0.2) is 35.6 Å². The standard InChI is InChI=1S/C8H14N4O/c1-9-3-4-11-8(13)7-5-10-6-12(7)2/h5-6,9H,3-4H2,1-2H3,(H,11,13). The second-order valence-electron chi connectivity index (χ2n) is 2.75. The molecule has 5 nitrogen and oxygen atoms in total. The van der Waals surface area contributed by atoms with Crippen molar-refractivity contribution in [1.29, 1.82) is 0 Å². The van der Waals surface area contributed by atoms with E-state index >= 15 is 0 Å². The number of rotatable bonds is 4. The summed E-state index contributed by atoms with van der Waals surface area (Å²) in [6.07, 6.45) is 3.15. The maximum Gasteiger partial charge on any atom is 0.269 e. The van der Waals surface area contributed by atoms with Crippen LogP contribution in [0.25, 0.3) is 0 Å². The van der Waals surface area contributed by atoms with Crippen LogP contribution in [0.2, 0.25) is 0 Å². The highest BCUT2D eigenvalue weighted by molar-refractivity contribution is 5.92. The Morgan fingerprint density at radius 3 is 2.92 bits per heavy atom. The molecule has 0 saturated carbocycles. The monoisotopic (exact) mass is 182 g/mol. The first kappa shape index (κ1) is 9.73. The van der Waals surface area contributed by atoms with Crippen LogP contribution < -0.4 is 10.6 Å². The van der Waals surface area contributed by atoms with Crippen molar-refractivity contribution in [2.45, 2.75) is 0 Å². The van der Waals surface area contributed by atoms with E-state index in [4.69, 9.17) is 0 Å². The number of imidazole rings is 1. The van der Waals surface area contributed by atoms with Gasteiger partial charge in [-0.2, -0.15) is 0 Å². The number of aryl methyl sites for hydroxylation is 1. The second kappa shape index (κ2) is 4.61. The lowest BCUT2D eigenvalue weighted by atomic mass is 10.4. The maximum atomic E-state index is 11.4. The van der Waals surface area contributed by atoms with Crippen molar-refractivity contribution in [3.05, 3.63) is 18.2 Å². The van der Waals surface area contributed by atoms with Gasteiger partial charge in [-0.3, -0.25) is 4.79 Å². The molecule has 2 N–H and O–H groups in total. The molecule has 5 heteroatoms. The highest BCUT2D eigenvalue weighted by Gasteiger charge is 2.07. The first-order valence-electron chi connectivity index (χ1n) is 4.15. The molecule has 0 bridgehead atoms. The number of amides is 1. The minimum atomic E-state index is -0.0877. The molecule has 0 saturated heterocycles. The lowest BCUT2D eigenvalue weighted by molar-refractivity contribution is 0.0946. The Kier molecular flexibility index (Phi) is 3.45. The number of hydrogen-bond acceptors (Lipinski definition) is 3. The minimum absolute atomic E-state index is 0.0877. The lowest BCUT2D eigenvalue weighted by Gasteiger charge is -2.04. The third kappa shape index (κ3) is 2.55. The van der Waals surface area contributed by atoms with Crippen molar-refractivity contribution in [3.8, 4) is 0 Å². The summed E-state index contributed by atoms with van der Waals surface area (Å²) in [7, 11) is 3.64. The fourth-order valence-electron chi connectivity index (χ4n) is 0.968. The highest BCUT2D eigenvalue weighted by atomic mass is 16.1. The average molecular weight is 182 g/mol. The van der Waals surface area contributed by atoms with Gasteiger partial charge in [-0.05, 0) is 7.05 Å². The number of carbonyl (C=O) groups is 1. The van der Waals surface area contributed by atoms with Gasteiger partial charge in [0.25, 0.3) is 5.91 Å². The summed E-state index contributed by atoms with van der Waals surface area (Å²) in [5, 5.41) is 5.71. The normalized spacial score (nSPS) is 10.0. The number of nitrogens with one attached hydrogen (secondary N) is 2. The summed E-state index contributed by atoms with van der Waals surface area (Å²) in [4.78, 5) is 15.3.